The number of benzene rings is 2. The number of rotatable bonds is 6. The molecule has 3 N–H and O–H groups in total. The van der Waals surface area contributed by atoms with Crippen LogP contribution in [-0.4, -0.2) is 30.2 Å². The average Bonchev–Trinajstić information content (AvgIpc) is 2.73. The van der Waals surface area contributed by atoms with Gasteiger partial charge < -0.3 is 20.6 Å². The number of carboxylic acids is 1. The van der Waals surface area contributed by atoms with Gasteiger partial charge >= 0.3 is 12.0 Å². The summed E-state index contributed by atoms with van der Waals surface area (Å²) < 4.78 is 0. The number of carbonyl (C=O) groups excluding carboxylic acids is 1. The Labute approximate surface area is 189 Å². The third-order valence-electron chi connectivity index (χ3n) is 5.80. The molecule has 2 aromatic rings. The summed E-state index contributed by atoms with van der Waals surface area (Å²) in [5.74, 6) is 0.0607. The maximum atomic E-state index is 12.8. The van der Waals surface area contributed by atoms with Gasteiger partial charge in [-0.2, -0.15) is 5.26 Å². The third-order valence-corrected chi connectivity index (χ3v) is 5.80. The standard InChI is InChI=1S/C25H30N4O3/c1-16-10-17(2)15-29(14-16)23-9-6-20(18(3)11-24(30)31)12-22(23)28-25(32)27-21-7-4-19(13-26)5-8-21/h4-9,12,16-18H,10-11,14-15H2,1-3H3,(H,30,31)(H2,27,28,32). The van der Waals surface area contributed by atoms with Crippen LogP contribution in [-0.2, 0) is 4.79 Å². The van der Waals surface area contributed by atoms with Gasteiger partial charge in [-0.15, -0.1) is 0 Å². The van der Waals surface area contributed by atoms with Crippen LogP contribution >= 0.6 is 0 Å². The van der Waals surface area contributed by atoms with E-state index in [4.69, 9.17) is 5.26 Å². The van der Waals surface area contributed by atoms with E-state index in [1.165, 1.54) is 6.42 Å². The van der Waals surface area contributed by atoms with Crippen molar-refractivity contribution in [1.82, 2.24) is 0 Å². The number of piperidine rings is 1. The fourth-order valence-electron chi connectivity index (χ4n) is 4.39. The van der Waals surface area contributed by atoms with Crippen LogP contribution in [0, 0.1) is 23.2 Å². The molecule has 1 heterocycles. The largest absolute Gasteiger partial charge is 0.481 e. The van der Waals surface area contributed by atoms with Crippen molar-refractivity contribution in [1.29, 1.82) is 5.26 Å². The Hall–Kier alpha value is -3.53. The summed E-state index contributed by atoms with van der Waals surface area (Å²) in [6.45, 7) is 8.14. The van der Waals surface area contributed by atoms with Crippen LogP contribution in [0.2, 0.25) is 0 Å². The highest BCUT2D eigenvalue weighted by Gasteiger charge is 2.25. The molecule has 3 rings (SSSR count). The molecule has 0 bridgehead atoms. The molecule has 1 aliphatic rings. The van der Waals surface area contributed by atoms with Crippen molar-refractivity contribution in [2.75, 3.05) is 28.6 Å². The first-order valence-electron chi connectivity index (χ1n) is 10.9. The zero-order valence-corrected chi connectivity index (χ0v) is 18.8. The average molecular weight is 435 g/mol. The fraction of sp³-hybridized carbons (Fsp3) is 0.400. The Morgan fingerprint density at radius 3 is 2.38 bits per heavy atom. The van der Waals surface area contributed by atoms with Gasteiger partial charge in [0.1, 0.15) is 0 Å². The molecule has 7 nitrogen and oxygen atoms in total. The minimum Gasteiger partial charge on any atom is -0.481 e. The number of anilines is 3. The van der Waals surface area contributed by atoms with E-state index >= 15 is 0 Å². The number of amides is 2. The Bertz CT molecular complexity index is 1000. The van der Waals surface area contributed by atoms with Gasteiger partial charge in [0.2, 0.25) is 0 Å². The van der Waals surface area contributed by atoms with E-state index in [2.05, 4.69) is 35.5 Å². The summed E-state index contributed by atoms with van der Waals surface area (Å²) >= 11 is 0. The second-order valence-corrected chi connectivity index (χ2v) is 8.89. The molecule has 168 valence electrons. The van der Waals surface area contributed by atoms with Crippen molar-refractivity contribution < 1.29 is 14.7 Å². The monoisotopic (exact) mass is 434 g/mol. The highest BCUT2D eigenvalue weighted by molar-refractivity contribution is 6.02. The van der Waals surface area contributed by atoms with Crippen LogP contribution < -0.4 is 15.5 Å². The lowest BCUT2D eigenvalue weighted by Gasteiger charge is -2.37. The van der Waals surface area contributed by atoms with Crippen molar-refractivity contribution in [2.45, 2.75) is 39.5 Å². The molecule has 0 aliphatic carbocycles. The van der Waals surface area contributed by atoms with Crippen LogP contribution in [0.25, 0.3) is 0 Å². The summed E-state index contributed by atoms with van der Waals surface area (Å²) in [7, 11) is 0. The highest BCUT2D eigenvalue weighted by Crippen LogP contribution is 2.35. The summed E-state index contributed by atoms with van der Waals surface area (Å²) in [5, 5.41) is 23.9. The van der Waals surface area contributed by atoms with Crippen molar-refractivity contribution >= 4 is 29.1 Å². The molecular weight excluding hydrogens is 404 g/mol. The number of nitrogens with one attached hydrogen (secondary N) is 2. The molecule has 32 heavy (non-hydrogen) atoms. The van der Waals surface area contributed by atoms with Gasteiger partial charge in [0.25, 0.3) is 0 Å². The van der Waals surface area contributed by atoms with E-state index in [1.54, 1.807) is 24.3 Å². The van der Waals surface area contributed by atoms with Gasteiger partial charge in [-0.05, 0) is 66.1 Å². The number of aliphatic carboxylic acids is 1. The summed E-state index contributed by atoms with van der Waals surface area (Å²) in [6.07, 6.45) is 1.19. The number of hydrogen-bond acceptors (Lipinski definition) is 4. The maximum Gasteiger partial charge on any atom is 0.323 e. The van der Waals surface area contributed by atoms with Crippen LogP contribution in [0.1, 0.15) is 50.7 Å². The van der Waals surface area contributed by atoms with Crippen LogP contribution in [0.4, 0.5) is 21.9 Å². The van der Waals surface area contributed by atoms with E-state index in [1.807, 2.05) is 25.1 Å². The minimum absolute atomic E-state index is 0.0218. The lowest BCUT2D eigenvalue weighted by molar-refractivity contribution is -0.137. The topological polar surface area (TPSA) is 105 Å². The van der Waals surface area contributed by atoms with Crippen molar-refractivity contribution in [3.63, 3.8) is 0 Å². The number of urea groups is 1. The van der Waals surface area contributed by atoms with Gasteiger partial charge in [-0.1, -0.05) is 26.8 Å². The van der Waals surface area contributed by atoms with Gasteiger partial charge in [-0.25, -0.2) is 4.79 Å². The number of hydrogen-bond donors (Lipinski definition) is 3. The molecule has 3 atom stereocenters. The molecule has 0 aromatic heterocycles. The number of carbonyl (C=O) groups is 2. The second kappa shape index (κ2) is 10.2. The number of nitriles is 1. The van der Waals surface area contributed by atoms with E-state index in [0.29, 0.717) is 28.8 Å². The molecular formula is C25H30N4O3. The predicted molar refractivity (Wildman–Crippen MR) is 126 cm³/mol. The Balaban J connectivity index is 1.85. The van der Waals surface area contributed by atoms with Crippen molar-refractivity contribution in [3.05, 3.63) is 53.6 Å². The zero-order valence-electron chi connectivity index (χ0n) is 18.8. The van der Waals surface area contributed by atoms with E-state index in [0.717, 1.165) is 24.3 Å². The molecule has 0 saturated carbocycles. The molecule has 2 amide bonds. The normalized spacial score (nSPS) is 19.0. The predicted octanol–water partition coefficient (Wildman–Crippen LogP) is 5.26. The quantitative estimate of drug-likeness (QED) is 0.575. The maximum absolute atomic E-state index is 12.8. The van der Waals surface area contributed by atoms with Crippen LogP contribution in [0.5, 0.6) is 0 Å². The van der Waals surface area contributed by atoms with Crippen molar-refractivity contribution in [2.24, 2.45) is 11.8 Å². The van der Waals surface area contributed by atoms with Gasteiger partial charge in [0.15, 0.2) is 0 Å². The minimum atomic E-state index is -0.853. The summed E-state index contributed by atoms with van der Waals surface area (Å²) in [5.41, 5.74) is 3.56. The SMILES string of the molecule is CC1CC(C)CN(c2ccc(C(C)CC(=O)O)cc2NC(=O)Nc2ccc(C#N)cc2)C1. The smallest absolute Gasteiger partial charge is 0.323 e. The first kappa shape index (κ1) is 23.1. The molecule has 1 saturated heterocycles. The molecule has 0 spiro atoms. The Morgan fingerprint density at radius 1 is 1.12 bits per heavy atom. The molecule has 0 radical (unpaired) electrons. The Kier molecular flexibility index (Phi) is 7.37. The molecule has 7 heteroatoms. The number of carboxylic acid groups (broad SMARTS) is 1. The highest BCUT2D eigenvalue weighted by atomic mass is 16.4. The van der Waals surface area contributed by atoms with E-state index in [9.17, 15) is 14.7 Å². The van der Waals surface area contributed by atoms with Gasteiger partial charge in [-0.3, -0.25) is 4.79 Å². The first-order chi connectivity index (χ1) is 15.2. The van der Waals surface area contributed by atoms with E-state index < -0.39 is 12.0 Å². The summed E-state index contributed by atoms with van der Waals surface area (Å²) in [6, 6.07) is 14.1. The molecule has 1 aliphatic heterocycles. The lowest BCUT2D eigenvalue weighted by atomic mass is 9.91. The fourth-order valence-corrected chi connectivity index (χ4v) is 4.39. The molecule has 2 aromatic carbocycles. The first-order valence-corrected chi connectivity index (χ1v) is 10.9. The van der Waals surface area contributed by atoms with Gasteiger partial charge in [0, 0.05) is 18.8 Å². The van der Waals surface area contributed by atoms with Crippen LogP contribution in [0.15, 0.2) is 42.5 Å². The van der Waals surface area contributed by atoms with Gasteiger partial charge in [0.05, 0.1) is 29.4 Å². The third kappa shape index (κ3) is 6.01. The second-order valence-electron chi connectivity index (χ2n) is 8.89. The summed E-state index contributed by atoms with van der Waals surface area (Å²) in [4.78, 5) is 26.2. The lowest BCUT2D eigenvalue weighted by Crippen LogP contribution is -2.39. The molecule has 3 unspecified atom stereocenters. The number of nitrogens with zero attached hydrogens (tertiary/aromatic N) is 2. The van der Waals surface area contributed by atoms with Crippen molar-refractivity contribution in [3.8, 4) is 6.07 Å². The zero-order chi connectivity index (χ0) is 23.3. The molecule has 1 fully saturated rings. The van der Waals surface area contributed by atoms with E-state index in [-0.39, 0.29) is 12.3 Å². The Morgan fingerprint density at radius 2 is 1.78 bits per heavy atom. The van der Waals surface area contributed by atoms with Crippen LogP contribution in [0.3, 0.4) is 0 Å².